The fraction of sp³-hybridized carbons (Fsp3) is 0.625. The molecule has 1 unspecified atom stereocenters. The molecular formula is C16H27IN4O2S. The van der Waals surface area contributed by atoms with Gasteiger partial charge in [-0.05, 0) is 37.4 Å². The van der Waals surface area contributed by atoms with Gasteiger partial charge in [-0.25, -0.2) is 0 Å². The van der Waals surface area contributed by atoms with E-state index in [1.807, 2.05) is 0 Å². The van der Waals surface area contributed by atoms with Gasteiger partial charge in [0.2, 0.25) is 0 Å². The molecule has 2 heterocycles. The lowest BCUT2D eigenvalue weighted by Crippen LogP contribution is -2.43. The number of ether oxygens (including phenoxy) is 1. The van der Waals surface area contributed by atoms with Gasteiger partial charge in [0.15, 0.2) is 5.96 Å². The van der Waals surface area contributed by atoms with Crippen molar-refractivity contribution in [2.24, 2.45) is 4.99 Å². The third-order valence-electron chi connectivity index (χ3n) is 3.99. The van der Waals surface area contributed by atoms with Crippen LogP contribution in [0.5, 0.6) is 0 Å². The van der Waals surface area contributed by atoms with Crippen molar-refractivity contribution in [3.05, 3.63) is 22.4 Å². The molecule has 1 fully saturated rings. The Bertz CT molecular complexity index is 504. The number of rotatable bonds is 7. The number of carbonyl (C=O) groups is 1. The third-order valence-corrected chi connectivity index (χ3v) is 4.96. The van der Waals surface area contributed by atoms with Crippen molar-refractivity contribution in [2.45, 2.75) is 25.3 Å². The number of halogens is 1. The Morgan fingerprint density at radius 1 is 1.42 bits per heavy atom. The standard InChI is InChI=1S/C16H26N4O2S.HI/c1-17-16(18-8-7-15(21)22-2)19-12-13(14-6-5-11-23-14)20-9-3-4-10-20;/h5-6,11,13H,3-4,7-10,12H2,1-2H3,(H2,17,18,19);1H. The van der Waals surface area contributed by atoms with Crippen molar-refractivity contribution in [2.75, 3.05) is 40.3 Å². The van der Waals surface area contributed by atoms with E-state index < -0.39 is 0 Å². The number of nitrogens with one attached hydrogen (secondary N) is 2. The van der Waals surface area contributed by atoms with Crippen LogP contribution in [0.2, 0.25) is 0 Å². The van der Waals surface area contributed by atoms with Gasteiger partial charge in [-0.1, -0.05) is 6.07 Å². The largest absolute Gasteiger partial charge is 0.469 e. The molecule has 0 radical (unpaired) electrons. The monoisotopic (exact) mass is 466 g/mol. The van der Waals surface area contributed by atoms with E-state index in [9.17, 15) is 4.79 Å². The van der Waals surface area contributed by atoms with E-state index >= 15 is 0 Å². The first-order valence-electron chi connectivity index (χ1n) is 8.03. The molecule has 24 heavy (non-hydrogen) atoms. The molecule has 1 aliphatic rings. The van der Waals surface area contributed by atoms with Crippen LogP contribution in [0, 0.1) is 0 Å². The highest BCUT2D eigenvalue weighted by Crippen LogP contribution is 2.27. The van der Waals surface area contributed by atoms with Crippen molar-refractivity contribution < 1.29 is 9.53 Å². The van der Waals surface area contributed by atoms with E-state index in [0.29, 0.717) is 19.0 Å². The molecule has 0 bridgehead atoms. The summed E-state index contributed by atoms with van der Waals surface area (Å²) in [6.45, 7) is 3.62. The molecule has 1 saturated heterocycles. The van der Waals surface area contributed by atoms with E-state index in [1.165, 1.54) is 24.8 Å². The van der Waals surface area contributed by atoms with Gasteiger partial charge in [0.05, 0.1) is 19.6 Å². The summed E-state index contributed by atoms with van der Waals surface area (Å²) < 4.78 is 4.64. The smallest absolute Gasteiger partial charge is 0.307 e. The van der Waals surface area contributed by atoms with E-state index in [0.717, 1.165) is 25.6 Å². The first-order valence-corrected chi connectivity index (χ1v) is 8.91. The van der Waals surface area contributed by atoms with Crippen LogP contribution in [0.1, 0.15) is 30.2 Å². The number of methoxy groups -OCH3 is 1. The average Bonchev–Trinajstić information content (AvgIpc) is 3.27. The number of aliphatic imine (C=N–C) groups is 1. The molecular weight excluding hydrogens is 439 g/mol. The molecule has 1 aromatic rings. The number of thiophene rings is 1. The predicted octanol–water partition coefficient (Wildman–Crippen LogP) is 2.23. The van der Waals surface area contributed by atoms with Crippen LogP contribution in [0.3, 0.4) is 0 Å². The van der Waals surface area contributed by atoms with E-state index in [1.54, 1.807) is 18.4 Å². The Kier molecular flexibility index (Phi) is 10.3. The Balaban J connectivity index is 0.00000288. The second-order valence-corrected chi connectivity index (χ2v) is 6.46. The molecule has 0 aliphatic carbocycles. The topological polar surface area (TPSA) is 66.0 Å². The first kappa shape index (κ1) is 21.2. The summed E-state index contributed by atoms with van der Waals surface area (Å²) in [5, 5.41) is 8.65. The van der Waals surface area contributed by atoms with Crippen LogP contribution in [0.4, 0.5) is 0 Å². The van der Waals surface area contributed by atoms with Crippen LogP contribution in [-0.4, -0.2) is 57.2 Å². The maximum absolute atomic E-state index is 11.1. The zero-order chi connectivity index (χ0) is 16.5. The minimum absolute atomic E-state index is 0. The number of carbonyl (C=O) groups excluding carboxylic acids is 1. The minimum Gasteiger partial charge on any atom is -0.469 e. The molecule has 0 amide bonds. The predicted molar refractivity (Wildman–Crippen MR) is 109 cm³/mol. The summed E-state index contributed by atoms with van der Waals surface area (Å²) in [6.07, 6.45) is 2.87. The summed E-state index contributed by atoms with van der Waals surface area (Å²) in [6, 6.07) is 4.67. The van der Waals surface area contributed by atoms with Crippen molar-refractivity contribution in [3.8, 4) is 0 Å². The molecule has 6 nitrogen and oxygen atoms in total. The fourth-order valence-electron chi connectivity index (χ4n) is 2.74. The van der Waals surface area contributed by atoms with Gasteiger partial charge in [0.25, 0.3) is 0 Å². The highest BCUT2D eigenvalue weighted by Gasteiger charge is 2.24. The van der Waals surface area contributed by atoms with Gasteiger partial charge in [-0.3, -0.25) is 14.7 Å². The van der Waals surface area contributed by atoms with Gasteiger partial charge in [-0.15, -0.1) is 35.3 Å². The highest BCUT2D eigenvalue weighted by atomic mass is 127. The quantitative estimate of drug-likeness (QED) is 0.279. The average molecular weight is 466 g/mol. The first-order chi connectivity index (χ1) is 11.2. The van der Waals surface area contributed by atoms with Crippen LogP contribution < -0.4 is 10.6 Å². The number of nitrogens with zero attached hydrogens (tertiary/aromatic N) is 2. The fourth-order valence-corrected chi connectivity index (χ4v) is 3.60. The molecule has 2 N–H and O–H groups in total. The van der Waals surface area contributed by atoms with Gasteiger partial charge in [-0.2, -0.15) is 0 Å². The van der Waals surface area contributed by atoms with E-state index in [-0.39, 0.29) is 29.9 Å². The summed E-state index contributed by atoms with van der Waals surface area (Å²) in [5.74, 6) is 0.496. The Hall–Kier alpha value is -0.870. The van der Waals surface area contributed by atoms with Gasteiger partial charge in [0.1, 0.15) is 0 Å². The van der Waals surface area contributed by atoms with Gasteiger partial charge in [0, 0.05) is 25.0 Å². The van der Waals surface area contributed by atoms with Crippen molar-refractivity contribution in [1.82, 2.24) is 15.5 Å². The molecule has 1 atom stereocenters. The lowest BCUT2D eigenvalue weighted by Gasteiger charge is -2.27. The number of esters is 1. The molecule has 136 valence electrons. The SMILES string of the molecule is CN=C(NCCC(=O)OC)NCC(c1cccs1)N1CCCC1.I. The normalized spacial score (nSPS) is 16.3. The lowest BCUT2D eigenvalue weighted by atomic mass is 10.2. The number of guanidine groups is 1. The van der Waals surface area contributed by atoms with Gasteiger partial charge >= 0.3 is 5.97 Å². The molecule has 1 aliphatic heterocycles. The molecule has 0 aromatic carbocycles. The van der Waals surface area contributed by atoms with E-state index in [4.69, 9.17) is 0 Å². The second-order valence-electron chi connectivity index (χ2n) is 5.48. The summed E-state index contributed by atoms with van der Waals surface area (Å²) >= 11 is 1.80. The van der Waals surface area contributed by atoms with Crippen LogP contribution >= 0.6 is 35.3 Å². The number of hydrogen-bond acceptors (Lipinski definition) is 5. The third kappa shape index (κ3) is 6.56. The Morgan fingerprint density at radius 2 is 2.17 bits per heavy atom. The molecule has 1 aromatic heterocycles. The van der Waals surface area contributed by atoms with Crippen LogP contribution in [-0.2, 0) is 9.53 Å². The zero-order valence-electron chi connectivity index (χ0n) is 14.3. The maximum Gasteiger partial charge on any atom is 0.307 e. The summed E-state index contributed by atoms with van der Waals surface area (Å²) in [7, 11) is 3.14. The van der Waals surface area contributed by atoms with Crippen LogP contribution in [0.25, 0.3) is 0 Å². The van der Waals surface area contributed by atoms with Gasteiger partial charge < -0.3 is 15.4 Å². The lowest BCUT2D eigenvalue weighted by molar-refractivity contribution is -0.140. The minimum atomic E-state index is -0.221. The highest BCUT2D eigenvalue weighted by molar-refractivity contribution is 14.0. The van der Waals surface area contributed by atoms with E-state index in [2.05, 4.69) is 42.8 Å². The molecule has 8 heteroatoms. The number of hydrogen-bond donors (Lipinski definition) is 2. The van der Waals surface area contributed by atoms with Crippen molar-refractivity contribution >= 4 is 47.2 Å². The van der Waals surface area contributed by atoms with Crippen molar-refractivity contribution in [1.29, 1.82) is 0 Å². The van der Waals surface area contributed by atoms with Crippen LogP contribution in [0.15, 0.2) is 22.5 Å². The second kappa shape index (κ2) is 11.6. The summed E-state index contributed by atoms with van der Waals surface area (Å²) in [5.41, 5.74) is 0. The molecule has 2 rings (SSSR count). The Labute approximate surface area is 165 Å². The maximum atomic E-state index is 11.1. The molecule has 0 saturated carbocycles. The van der Waals surface area contributed by atoms with Crippen molar-refractivity contribution in [3.63, 3.8) is 0 Å². The molecule has 0 spiro atoms. The number of likely N-dealkylation sites (tertiary alicyclic amines) is 1. The zero-order valence-corrected chi connectivity index (χ0v) is 17.4. The Morgan fingerprint density at radius 3 is 2.75 bits per heavy atom. The summed E-state index contributed by atoms with van der Waals surface area (Å²) in [4.78, 5) is 19.3.